The van der Waals surface area contributed by atoms with E-state index in [1.54, 1.807) is 13.0 Å². The second-order valence-corrected chi connectivity index (χ2v) is 3.40. The van der Waals surface area contributed by atoms with E-state index in [-0.39, 0.29) is 0 Å². The van der Waals surface area contributed by atoms with Crippen LogP contribution in [0.3, 0.4) is 0 Å². The Labute approximate surface area is 91.2 Å². The minimum atomic E-state index is 0.301. The highest BCUT2D eigenvalue weighted by Gasteiger charge is 1.98. The van der Waals surface area contributed by atoms with Crippen molar-refractivity contribution in [1.82, 2.24) is 0 Å². The van der Waals surface area contributed by atoms with Crippen LogP contribution in [0.2, 0.25) is 0 Å². The van der Waals surface area contributed by atoms with Gasteiger partial charge in [-0.15, -0.1) is 0 Å². The normalized spacial score (nSPS) is 11.5. The monoisotopic (exact) mass is 206 g/mol. The summed E-state index contributed by atoms with van der Waals surface area (Å²) in [5, 5.41) is 9.45. The second-order valence-electron chi connectivity index (χ2n) is 3.40. The molecule has 0 saturated carbocycles. The summed E-state index contributed by atoms with van der Waals surface area (Å²) in [6, 6.07) is 7.47. The van der Waals surface area contributed by atoms with E-state index < -0.39 is 0 Å². The second kappa shape index (κ2) is 6.12. The SMILES string of the molecule is CC=C(O)c1ccc(OCCCC)cc1. The first kappa shape index (κ1) is 11.6. The minimum absolute atomic E-state index is 0.301. The molecule has 1 aromatic carbocycles. The largest absolute Gasteiger partial charge is 0.508 e. The van der Waals surface area contributed by atoms with E-state index in [1.807, 2.05) is 24.3 Å². The van der Waals surface area contributed by atoms with Crippen molar-refractivity contribution in [3.05, 3.63) is 35.9 Å². The highest BCUT2D eigenvalue weighted by Crippen LogP contribution is 2.17. The fourth-order valence-electron chi connectivity index (χ4n) is 1.22. The van der Waals surface area contributed by atoms with Crippen LogP contribution in [0, 0.1) is 0 Å². The summed E-state index contributed by atoms with van der Waals surface area (Å²) < 4.78 is 5.51. The third-order valence-corrected chi connectivity index (χ3v) is 2.19. The summed E-state index contributed by atoms with van der Waals surface area (Å²) in [4.78, 5) is 0. The number of rotatable bonds is 5. The summed E-state index contributed by atoms with van der Waals surface area (Å²) in [6.07, 6.45) is 3.88. The van der Waals surface area contributed by atoms with Gasteiger partial charge in [0.05, 0.1) is 6.61 Å². The smallest absolute Gasteiger partial charge is 0.119 e. The van der Waals surface area contributed by atoms with Crippen molar-refractivity contribution in [2.24, 2.45) is 0 Å². The van der Waals surface area contributed by atoms with Gasteiger partial charge in [0, 0.05) is 5.56 Å². The van der Waals surface area contributed by atoms with Crippen LogP contribution in [0.1, 0.15) is 32.3 Å². The zero-order valence-electron chi connectivity index (χ0n) is 9.36. The lowest BCUT2D eigenvalue weighted by Crippen LogP contribution is -1.96. The van der Waals surface area contributed by atoms with Crippen LogP contribution in [-0.2, 0) is 0 Å². The quantitative estimate of drug-likeness (QED) is 0.586. The predicted molar refractivity (Wildman–Crippen MR) is 63.1 cm³/mol. The van der Waals surface area contributed by atoms with Gasteiger partial charge in [-0.2, -0.15) is 0 Å². The molecule has 0 saturated heterocycles. The molecule has 2 heteroatoms. The van der Waals surface area contributed by atoms with E-state index in [2.05, 4.69) is 6.92 Å². The fraction of sp³-hybridized carbons (Fsp3) is 0.385. The number of benzene rings is 1. The molecule has 0 aliphatic heterocycles. The Hall–Kier alpha value is -1.44. The Morgan fingerprint density at radius 2 is 2.00 bits per heavy atom. The molecular weight excluding hydrogens is 188 g/mol. The Morgan fingerprint density at radius 1 is 1.33 bits per heavy atom. The van der Waals surface area contributed by atoms with E-state index >= 15 is 0 Å². The molecule has 0 atom stereocenters. The Kier molecular flexibility index (Phi) is 4.75. The molecule has 82 valence electrons. The summed E-state index contributed by atoms with van der Waals surface area (Å²) in [6.45, 7) is 4.70. The van der Waals surface area contributed by atoms with Crippen LogP contribution in [0.25, 0.3) is 5.76 Å². The Bertz CT molecular complexity index is 312. The lowest BCUT2D eigenvalue weighted by Gasteiger charge is -2.06. The maximum absolute atomic E-state index is 9.45. The molecule has 0 unspecified atom stereocenters. The maximum atomic E-state index is 9.45. The van der Waals surface area contributed by atoms with Crippen LogP contribution < -0.4 is 4.74 Å². The van der Waals surface area contributed by atoms with Gasteiger partial charge in [-0.3, -0.25) is 0 Å². The average molecular weight is 206 g/mol. The van der Waals surface area contributed by atoms with Crippen molar-refractivity contribution < 1.29 is 9.84 Å². The van der Waals surface area contributed by atoms with E-state index in [0.717, 1.165) is 30.8 Å². The molecule has 0 bridgehead atoms. The molecule has 1 aromatic rings. The van der Waals surface area contributed by atoms with Gasteiger partial charge >= 0.3 is 0 Å². The molecule has 0 spiro atoms. The third-order valence-electron chi connectivity index (χ3n) is 2.19. The summed E-state index contributed by atoms with van der Waals surface area (Å²) in [5.74, 6) is 1.16. The van der Waals surface area contributed by atoms with Gasteiger partial charge in [-0.25, -0.2) is 0 Å². The van der Waals surface area contributed by atoms with Crippen molar-refractivity contribution in [3.8, 4) is 5.75 Å². The number of unbranched alkanes of at least 4 members (excludes halogenated alkanes) is 1. The molecule has 0 heterocycles. The molecule has 0 radical (unpaired) electrons. The van der Waals surface area contributed by atoms with Gasteiger partial charge in [-0.1, -0.05) is 13.3 Å². The van der Waals surface area contributed by atoms with Gasteiger partial charge in [-0.05, 0) is 43.7 Å². The van der Waals surface area contributed by atoms with Gasteiger partial charge in [0.25, 0.3) is 0 Å². The zero-order chi connectivity index (χ0) is 11.1. The lowest BCUT2D eigenvalue weighted by molar-refractivity contribution is 0.309. The number of ether oxygens (including phenoxy) is 1. The molecule has 15 heavy (non-hydrogen) atoms. The van der Waals surface area contributed by atoms with Crippen LogP contribution in [0.15, 0.2) is 30.3 Å². The average Bonchev–Trinajstić information content (AvgIpc) is 2.29. The van der Waals surface area contributed by atoms with Crippen molar-refractivity contribution >= 4 is 5.76 Å². The molecule has 0 fully saturated rings. The standard InChI is InChI=1S/C13H18O2/c1-3-5-10-15-12-8-6-11(7-9-12)13(14)4-2/h4,6-9,14H,3,5,10H2,1-2H3. The van der Waals surface area contributed by atoms with E-state index in [4.69, 9.17) is 4.74 Å². The van der Waals surface area contributed by atoms with E-state index in [9.17, 15) is 5.11 Å². The summed E-state index contributed by atoms with van der Waals surface area (Å²) in [5.41, 5.74) is 0.820. The third kappa shape index (κ3) is 3.66. The predicted octanol–water partition coefficient (Wildman–Crippen LogP) is 3.78. The van der Waals surface area contributed by atoms with Crippen molar-refractivity contribution in [3.63, 3.8) is 0 Å². The molecular formula is C13H18O2. The molecule has 1 N–H and O–H groups in total. The van der Waals surface area contributed by atoms with Gasteiger partial charge in [0.2, 0.25) is 0 Å². The lowest BCUT2D eigenvalue weighted by atomic mass is 10.2. The maximum Gasteiger partial charge on any atom is 0.119 e. The number of allylic oxidation sites excluding steroid dienone is 1. The number of hydrogen-bond donors (Lipinski definition) is 1. The first-order chi connectivity index (χ1) is 7.27. The molecule has 1 rings (SSSR count). The van der Waals surface area contributed by atoms with Crippen molar-refractivity contribution in [1.29, 1.82) is 0 Å². The first-order valence-corrected chi connectivity index (χ1v) is 5.36. The molecule has 0 aromatic heterocycles. The Balaban J connectivity index is 2.56. The van der Waals surface area contributed by atoms with Gasteiger partial charge in [0.1, 0.15) is 11.5 Å². The van der Waals surface area contributed by atoms with E-state index in [1.165, 1.54) is 0 Å². The fourth-order valence-corrected chi connectivity index (χ4v) is 1.22. The summed E-state index contributed by atoms with van der Waals surface area (Å²) >= 11 is 0. The topological polar surface area (TPSA) is 29.5 Å². The minimum Gasteiger partial charge on any atom is -0.508 e. The van der Waals surface area contributed by atoms with Crippen molar-refractivity contribution in [2.75, 3.05) is 6.61 Å². The number of aliphatic hydroxyl groups is 1. The van der Waals surface area contributed by atoms with Crippen LogP contribution in [-0.4, -0.2) is 11.7 Å². The van der Waals surface area contributed by atoms with Crippen LogP contribution in [0.4, 0.5) is 0 Å². The molecule has 0 aliphatic rings. The van der Waals surface area contributed by atoms with Gasteiger partial charge in [0.15, 0.2) is 0 Å². The van der Waals surface area contributed by atoms with Gasteiger partial charge < -0.3 is 9.84 Å². The number of aliphatic hydroxyl groups excluding tert-OH is 1. The molecule has 2 nitrogen and oxygen atoms in total. The highest BCUT2D eigenvalue weighted by molar-refractivity contribution is 5.58. The highest BCUT2D eigenvalue weighted by atomic mass is 16.5. The van der Waals surface area contributed by atoms with E-state index in [0.29, 0.717) is 5.76 Å². The Morgan fingerprint density at radius 3 is 2.53 bits per heavy atom. The molecule has 0 aliphatic carbocycles. The summed E-state index contributed by atoms with van der Waals surface area (Å²) in [7, 11) is 0. The van der Waals surface area contributed by atoms with Crippen LogP contribution >= 0.6 is 0 Å². The molecule has 0 amide bonds. The van der Waals surface area contributed by atoms with Crippen LogP contribution in [0.5, 0.6) is 5.75 Å². The number of hydrogen-bond acceptors (Lipinski definition) is 2. The van der Waals surface area contributed by atoms with Crippen molar-refractivity contribution in [2.45, 2.75) is 26.7 Å². The first-order valence-electron chi connectivity index (χ1n) is 5.36. The zero-order valence-corrected chi connectivity index (χ0v) is 9.36.